The van der Waals surface area contributed by atoms with Crippen LogP contribution < -0.4 is 0 Å². The number of carboxylic acids is 2. The molecule has 0 amide bonds. The van der Waals surface area contributed by atoms with Crippen molar-refractivity contribution >= 4 is 95.8 Å². The molecule has 1 unspecified atom stereocenters. The zero-order valence-electron chi connectivity index (χ0n) is 4.44. The van der Waals surface area contributed by atoms with Crippen LogP contribution in [0.15, 0.2) is 0 Å². The average molecular weight is 229 g/mol. The molecule has 0 aromatic carbocycles. The molecule has 0 spiro atoms. The Kier molecular flexibility index (Phi) is 24.8. The summed E-state index contributed by atoms with van der Waals surface area (Å²) in [5, 5.41) is 24.1. The van der Waals surface area contributed by atoms with E-state index in [1.807, 2.05) is 0 Å². The van der Waals surface area contributed by atoms with Crippen molar-refractivity contribution in [2.24, 2.45) is 0 Å². The molecule has 3 N–H and O–H groups in total. The molecule has 0 heterocycles. The van der Waals surface area contributed by atoms with E-state index in [0.29, 0.717) is 0 Å². The Hall–Kier alpha value is 1.69. The Labute approximate surface area is 131 Å². The fourth-order valence-electron chi connectivity index (χ4n) is 0.253. The van der Waals surface area contributed by atoms with Crippen LogP contribution in [-0.4, -0.2) is 117 Å². The molecule has 0 bridgehead atoms. The van der Waals surface area contributed by atoms with Crippen molar-refractivity contribution in [1.82, 2.24) is 0 Å². The van der Waals surface area contributed by atoms with Crippen LogP contribution in [0.25, 0.3) is 0 Å². The minimum absolute atomic E-state index is 0. The third-order valence-electron chi connectivity index (χ3n) is 0.653. The number of hydrogen-bond acceptors (Lipinski definition) is 3. The molecule has 0 radical (unpaired) electrons. The average Bonchev–Trinajstić information content (AvgIpc) is 1.63. The summed E-state index contributed by atoms with van der Waals surface area (Å²) in [6.45, 7) is 0. The molecule has 0 aliphatic rings. The van der Waals surface area contributed by atoms with Crippen LogP contribution in [-0.2, 0) is 9.59 Å². The quantitative estimate of drug-likeness (QED) is 0.430. The predicted octanol–water partition coefficient (Wildman–Crippen LogP) is -3.84. The second-order valence-electron chi connectivity index (χ2n) is 1.45. The topological polar surface area (TPSA) is 94.8 Å². The van der Waals surface area contributed by atoms with E-state index in [4.69, 9.17) is 15.3 Å². The molecule has 8 heteroatoms. The maximum atomic E-state index is 9.72. The summed E-state index contributed by atoms with van der Waals surface area (Å²) < 4.78 is 0. The first kappa shape index (κ1) is 23.5. The monoisotopic (exact) mass is 228 g/mol. The first-order valence-electron chi connectivity index (χ1n) is 2.16. The molecule has 12 heavy (non-hydrogen) atoms. The molecular weight excluding hydrogens is 217 g/mol. The third kappa shape index (κ3) is 14.2. The molecule has 64 valence electrons. The van der Waals surface area contributed by atoms with E-state index < -0.39 is 24.5 Å². The van der Waals surface area contributed by atoms with Crippen molar-refractivity contribution in [3.63, 3.8) is 0 Å². The van der Waals surface area contributed by atoms with Gasteiger partial charge in [0.1, 0.15) is 0 Å². The summed E-state index contributed by atoms with van der Waals surface area (Å²) in [5.74, 6) is -2.85. The first-order chi connectivity index (χ1) is 4.04. The van der Waals surface area contributed by atoms with Gasteiger partial charge in [-0.2, -0.15) is 0 Å². The maximum absolute atomic E-state index is 9.72. The van der Waals surface area contributed by atoms with E-state index in [9.17, 15) is 9.59 Å². The van der Waals surface area contributed by atoms with Crippen molar-refractivity contribution in [2.75, 3.05) is 0 Å². The van der Waals surface area contributed by atoms with Crippen molar-refractivity contribution in [3.05, 3.63) is 0 Å². The largest absolute Gasteiger partial charge is 0.316 e. The van der Waals surface area contributed by atoms with E-state index >= 15 is 0 Å². The Bertz CT molecular complexity index is 141. The zero-order chi connectivity index (χ0) is 7.44. The summed E-state index contributed by atoms with van der Waals surface area (Å²) in [4.78, 5) is 19.4. The van der Waals surface area contributed by atoms with E-state index in [1.165, 1.54) is 0 Å². The van der Waals surface area contributed by atoms with E-state index in [2.05, 4.69) is 0 Å². The smallest absolute Gasteiger partial charge is 0.316 e. The maximum Gasteiger partial charge on any atom is 0.316 e. The second-order valence-corrected chi connectivity index (χ2v) is 1.45. The Morgan fingerprint density at radius 3 is 1.58 bits per heavy atom. The molecule has 0 rings (SSSR count). The van der Waals surface area contributed by atoms with Crippen LogP contribution in [0, 0.1) is 0 Å². The molecule has 0 aromatic heterocycles. The fraction of sp³-hybridized carbons (Fsp3) is 0.500. The number of aliphatic hydroxyl groups is 1. The summed E-state index contributed by atoms with van der Waals surface area (Å²) in [5.41, 5.74) is 0. The zero-order valence-corrected chi connectivity index (χ0v) is 4.44. The fourth-order valence-corrected chi connectivity index (χ4v) is 0.253. The van der Waals surface area contributed by atoms with Crippen LogP contribution in [0.3, 0.4) is 0 Å². The van der Waals surface area contributed by atoms with Gasteiger partial charge in [0.05, 0.1) is 6.42 Å². The van der Waals surface area contributed by atoms with Crippen molar-refractivity contribution in [3.8, 4) is 0 Å². The van der Waals surface area contributed by atoms with Crippen LogP contribution in [0.5, 0.6) is 0 Å². The summed E-state index contributed by atoms with van der Waals surface area (Å²) in [6.07, 6.45) is -2.54. The van der Waals surface area contributed by atoms with Gasteiger partial charge >= 0.3 is 95.8 Å². The van der Waals surface area contributed by atoms with Gasteiger partial charge in [0.15, 0.2) is 6.10 Å². The Balaban J connectivity index is -0.000000107. The van der Waals surface area contributed by atoms with Crippen molar-refractivity contribution in [2.45, 2.75) is 12.5 Å². The minimum atomic E-state index is -1.79. The van der Waals surface area contributed by atoms with Crippen LogP contribution >= 0.6 is 0 Å². The number of carboxylic acid groups (broad SMARTS) is 2. The van der Waals surface area contributed by atoms with E-state index in [0.717, 1.165) is 0 Å². The second kappa shape index (κ2) is 12.7. The number of aliphatic hydroxyl groups excluding tert-OH is 1. The summed E-state index contributed by atoms with van der Waals surface area (Å²) in [6, 6.07) is 0. The first-order valence-corrected chi connectivity index (χ1v) is 2.16. The molecule has 5 nitrogen and oxygen atoms in total. The van der Waals surface area contributed by atoms with Gasteiger partial charge in [0.2, 0.25) is 0 Å². The predicted molar refractivity (Wildman–Crippen MR) is 51.5 cm³/mol. The van der Waals surface area contributed by atoms with Crippen molar-refractivity contribution in [1.29, 1.82) is 0 Å². The summed E-state index contributed by atoms with van der Waals surface area (Å²) in [7, 11) is 0. The van der Waals surface area contributed by atoms with Gasteiger partial charge in [-0.25, -0.2) is 4.79 Å². The molecule has 0 aliphatic heterocycles. The Morgan fingerprint density at radius 1 is 1.17 bits per heavy atom. The van der Waals surface area contributed by atoms with Gasteiger partial charge in [0.25, 0.3) is 0 Å². The molecule has 0 saturated heterocycles. The van der Waals surface area contributed by atoms with Gasteiger partial charge in [0, 0.05) is 0 Å². The molecule has 0 aliphatic carbocycles. The minimum Gasteiger partial charge on any atom is 0.316 e. The van der Waals surface area contributed by atoms with E-state index in [-0.39, 0.29) is 83.8 Å². The van der Waals surface area contributed by atoms with Gasteiger partial charge in [-0.15, -0.1) is 0 Å². The van der Waals surface area contributed by atoms with Gasteiger partial charge < -0.3 is 15.3 Å². The van der Waals surface area contributed by atoms with Crippen molar-refractivity contribution < 1.29 is 24.9 Å². The molecule has 0 fully saturated rings. The normalized spacial score (nSPS) is 9.42. The van der Waals surface area contributed by atoms with Crippen LogP contribution in [0.2, 0.25) is 0 Å². The van der Waals surface area contributed by atoms with Crippen LogP contribution in [0.1, 0.15) is 6.42 Å². The number of rotatable bonds is 3. The van der Waals surface area contributed by atoms with Gasteiger partial charge in [-0.3, -0.25) is 4.79 Å². The van der Waals surface area contributed by atoms with Gasteiger partial charge in [-0.1, -0.05) is 0 Å². The standard InChI is InChI=1S/C4H6O5.Ca.2Mg.6H/c5-2(4(8)9)1-3(6)7;;;;;;;;;/h2,5H,1H2,(H,6,7)(H,8,9);;;;;;;;;. The number of carbonyl (C=O) groups is 2. The molecule has 1 atom stereocenters. The molecule has 0 aromatic rings. The van der Waals surface area contributed by atoms with Crippen LogP contribution in [0.4, 0.5) is 0 Å². The SMILES string of the molecule is O=C(O)CC(O)C(=O)O.[CaH2].[MgH2].[MgH2]. The number of aliphatic carboxylic acids is 2. The summed E-state index contributed by atoms with van der Waals surface area (Å²) >= 11 is 0. The van der Waals surface area contributed by atoms with Gasteiger partial charge in [-0.05, 0) is 0 Å². The molecular formula is C4H12CaMg2O5. The van der Waals surface area contributed by atoms with E-state index in [1.54, 1.807) is 0 Å². The number of hydrogen-bond donors (Lipinski definition) is 3. The molecule has 0 saturated carbocycles. The Morgan fingerprint density at radius 2 is 1.50 bits per heavy atom. The third-order valence-corrected chi connectivity index (χ3v) is 0.653.